The molecule has 0 unspecified atom stereocenters. The van der Waals surface area contributed by atoms with Gasteiger partial charge in [0, 0.05) is 18.4 Å². The number of amides is 4. The molecule has 2 fully saturated rings. The number of fused-ring (bicyclic) bond motifs is 4. The molecule has 3 aliphatic heterocycles. The fourth-order valence-corrected chi connectivity index (χ4v) is 5.79. The van der Waals surface area contributed by atoms with E-state index < -0.39 is 64.5 Å². The lowest BCUT2D eigenvalue weighted by Gasteiger charge is -2.27. The van der Waals surface area contributed by atoms with Gasteiger partial charge in [0.25, 0.3) is 5.91 Å². The number of carbonyl (C=O) groups is 4. The van der Waals surface area contributed by atoms with Crippen molar-refractivity contribution >= 4 is 46.6 Å². The predicted molar refractivity (Wildman–Crippen MR) is 117 cm³/mol. The Morgan fingerprint density at radius 1 is 1.14 bits per heavy atom. The van der Waals surface area contributed by atoms with E-state index in [1.807, 2.05) is 0 Å². The third-order valence-electron chi connectivity index (χ3n) is 7.01. The van der Waals surface area contributed by atoms with Gasteiger partial charge in [-0.3, -0.25) is 19.2 Å². The summed E-state index contributed by atoms with van der Waals surface area (Å²) >= 11 is 6.15. The summed E-state index contributed by atoms with van der Waals surface area (Å²) in [7, 11) is 0. The SMILES string of the molecule is NC(=O)CC[C@@H]1[NH2+][C@]2(C(=O)Nc3ccccc32)[C@@H]2C(=O)N(c3cc(C(F)(F)F)ccc3Cl)C(=O)[C@H]12. The van der Waals surface area contributed by atoms with Crippen molar-refractivity contribution in [3.63, 3.8) is 0 Å². The van der Waals surface area contributed by atoms with Gasteiger partial charge in [-0.2, -0.15) is 13.2 Å². The molecule has 5 N–H and O–H groups in total. The largest absolute Gasteiger partial charge is 0.416 e. The van der Waals surface area contributed by atoms with Crippen molar-refractivity contribution in [2.45, 2.75) is 30.6 Å². The molecule has 4 atom stereocenters. The molecule has 4 amide bonds. The van der Waals surface area contributed by atoms with Crippen LogP contribution in [0.15, 0.2) is 42.5 Å². The number of alkyl halides is 3. The van der Waals surface area contributed by atoms with Gasteiger partial charge in [0.05, 0.1) is 22.0 Å². The molecule has 0 radical (unpaired) electrons. The van der Waals surface area contributed by atoms with Crippen molar-refractivity contribution in [1.29, 1.82) is 0 Å². The van der Waals surface area contributed by atoms with Gasteiger partial charge < -0.3 is 16.4 Å². The van der Waals surface area contributed by atoms with Gasteiger partial charge in [0.2, 0.25) is 23.3 Å². The van der Waals surface area contributed by atoms with Crippen LogP contribution in [-0.4, -0.2) is 29.7 Å². The number of carbonyl (C=O) groups excluding carboxylic acids is 4. The number of imide groups is 1. The number of benzene rings is 2. The van der Waals surface area contributed by atoms with Gasteiger partial charge in [0.1, 0.15) is 17.9 Å². The first-order chi connectivity index (χ1) is 16.5. The highest BCUT2D eigenvalue weighted by atomic mass is 35.5. The van der Waals surface area contributed by atoms with Crippen molar-refractivity contribution in [2.24, 2.45) is 17.6 Å². The summed E-state index contributed by atoms with van der Waals surface area (Å²) in [6.45, 7) is 0. The average Bonchev–Trinajstić information content (AvgIpc) is 3.37. The molecule has 1 spiro atoms. The molecule has 2 saturated heterocycles. The fraction of sp³-hybridized carbons (Fsp3) is 0.304. The van der Waals surface area contributed by atoms with E-state index in [-0.39, 0.29) is 17.9 Å². The number of primary amides is 1. The maximum Gasteiger partial charge on any atom is 0.416 e. The van der Waals surface area contributed by atoms with Gasteiger partial charge in [-0.25, -0.2) is 4.90 Å². The minimum atomic E-state index is -4.73. The Kier molecular flexibility index (Phi) is 5.19. The van der Waals surface area contributed by atoms with E-state index in [0.717, 1.165) is 12.1 Å². The van der Waals surface area contributed by atoms with E-state index >= 15 is 0 Å². The van der Waals surface area contributed by atoms with Crippen LogP contribution in [0.3, 0.4) is 0 Å². The molecule has 0 saturated carbocycles. The molecule has 3 aliphatic rings. The molecule has 3 heterocycles. The molecule has 0 aliphatic carbocycles. The van der Waals surface area contributed by atoms with E-state index in [1.54, 1.807) is 29.6 Å². The molecule has 2 aromatic carbocycles. The molecule has 12 heteroatoms. The fourth-order valence-electron chi connectivity index (χ4n) is 5.59. The number of para-hydroxylation sites is 1. The molecule has 5 rings (SSSR count). The van der Waals surface area contributed by atoms with Crippen LogP contribution >= 0.6 is 11.6 Å². The normalized spacial score (nSPS) is 27.4. The molecule has 182 valence electrons. The predicted octanol–water partition coefficient (Wildman–Crippen LogP) is 1.52. The molecule has 2 aromatic rings. The van der Waals surface area contributed by atoms with Gasteiger partial charge in [-0.05, 0) is 24.3 Å². The van der Waals surface area contributed by atoms with Crippen molar-refractivity contribution in [3.05, 3.63) is 58.6 Å². The lowest BCUT2D eigenvalue weighted by atomic mass is 9.76. The second-order valence-corrected chi connectivity index (χ2v) is 9.29. The summed E-state index contributed by atoms with van der Waals surface area (Å²) in [5, 5.41) is 4.14. The summed E-state index contributed by atoms with van der Waals surface area (Å²) in [6, 6.07) is 8.38. The van der Waals surface area contributed by atoms with Gasteiger partial charge >= 0.3 is 6.18 Å². The first kappa shape index (κ1) is 23.3. The van der Waals surface area contributed by atoms with E-state index in [0.29, 0.717) is 22.2 Å². The molecule has 8 nitrogen and oxygen atoms in total. The van der Waals surface area contributed by atoms with Gasteiger partial charge in [0.15, 0.2) is 0 Å². The Morgan fingerprint density at radius 2 is 1.86 bits per heavy atom. The molecule has 0 bridgehead atoms. The number of quaternary nitrogens is 1. The van der Waals surface area contributed by atoms with Crippen molar-refractivity contribution in [2.75, 3.05) is 10.2 Å². The maximum atomic E-state index is 13.8. The number of nitrogens with one attached hydrogen (secondary N) is 1. The van der Waals surface area contributed by atoms with E-state index in [1.165, 1.54) is 0 Å². The van der Waals surface area contributed by atoms with Crippen LogP contribution in [0.5, 0.6) is 0 Å². The Hall–Kier alpha value is -3.44. The van der Waals surface area contributed by atoms with Crippen molar-refractivity contribution in [3.8, 4) is 0 Å². The summed E-state index contributed by atoms with van der Waals surface area (Å²) in [6.07, 6.45) is -4.74. The third-order valence-corrected chi connectivity index (χ3v) is 7.33. The summed E-state index contributed by atoms with van der Waals surface area (Å²) in [5.74, 6) is -5.05. The van der Waals surface area contributed by atoms with Crippen LogP contribution in [0, 0.1) is 11.8 Å². The highest BCUT2D eigenvalue weighted by molar-refractivity contribution is 6.36. The maximum absolute atomic E-state index is 13.8. The van der Waals surface area contributed by atoms with E-state index in [9.17, 15) is 32.3 Å². The lowest BCUT2D eigenvalue weighted by Crippen LogP contribution is -2.99. The number of hydrogen-bond donors (Lipinski definition) is 3. The van der Waals surface area contributed by atoms with Crippen LogP contribution in [0.25, 0.3) is 0 Å². The van der Waals surface area contributed by atoms with Crippen LogP contribution in [0.4, 0.5) is 24.5 Å². The second-order valence-electron chi connectivity index (χ2n) is 8.88. The number of nitrogens with zero attached hydrogens (tertiary/aromatic N) is 1. The quantitative estimate of drug-likeness (QED) is 0.542. The van der Waals surface area contributed by atoms with Gasteiger partial charge in [-0.1, -0.05) is 29.8 Å². The van der Waals surface area contributed by atoms with E-state index in [4.69, 9.17) is 17.3 Å². The number of hydrogen-bond acceptors (Lipinski definition) is 4. The van der Waals surface area contributed by atoms with Crippen molar-refractivity contribution in [1.82, 2.24) is 0 Å². The molecule has 0 aromatic heterocycles. The average molecular weight is 508 g/mol. The highest BCUT2D eigenvalue weighted by Gasteiger charge is 2.74. The van der Waals surface area contributed by atoms with Crippen LogP contribution in [0.2, 0.25) is 5.02 Å². The molecular weight excluding hydrogens is 489 g/mol. The minimum absolute atomic E-state index is 0.0941. The van der Waals surface area contributed by atoms with Crippen LogP contribution in [0.1, 0.15) is 24.0 Å². The monoisotopic (exact) mass is 507 g/mol. The van der Waals surface area contributed by atoms with E-state index in [2.05, 4.69) is 5.32 Å². The summed E-state index contributed by atoms with van der Waals surface area (Å²) < 4.78 is 40.1. The minimum Gasteiger partial charge on any atom is -0.370 e. The smallest absolute Gasteiger partial charge is 0.370 e. The Balaban J connectivity index is 1.65. The first-order valence-corrected chi connectivity index (χ1v) is 11.1. The number of halogens is 4. The number of nitrogens with two attached hydrogens (primary N) is 2. The summed E-state index contributed by atoms with van der Waals surface area (Å²) in [4.78, 5) is 52.9. The zero-order chi connectivity index (χ0) is 25.3. The third kappa shape index (κ3) is 3.33. The Morgan fingerprint density at radius 3 is 2.54 bits per heavy atom. The van der Waals surface area contributed by atoms with Crippen molar-refractivity contribution < 1.29 is 37.7 Å². The summed E-state index contributed by atoms with van der Waals surface area (Å²) in [5.41, 5.74) is 3.24. The topological polar surface area (TPSA) is 126 Å². The lowest BCUT2D eigenvalue weighted by molar-refractivity contribution is -0.733. The number of anilines is 2. The zero-order valence-corrected chi connectivity index (χ0v) is 18.7. The molecular formula is C23H19ClF3N4O4+. The Labute approximate surface area is 201 Å². The van der Waals surface area contributed by atoms with Crippen LogP contribution in [-0.2, 0) is 30.9 Å². The van der Waals surface area contributed by atoms with Gasteiger partial charge in [-0.15, -0.1) is 0 Å². The highest BCUT2D eigenvalue weighted by Crippen LogP contribution is 2.51. The zero-order valence-electron chi connectivity index (χ0n) is 17.9. The molecule has 35 heavy (non-hydrogen) atoms. The first-order valence-electron chi connectivity index (χ1n) is 10.8. The van der Waals surface area contributed by atoms with Crippen LogP contribution < -0.4 is 21.3 Å². The Bertz CT molecular complexity index is 1300. The second kappa shape index (κ2) is 7.79. The number of rotatable bonds is 4. The standard InChI is InChI=1S/C23H18ClF3N4O4/c24-12-6-5-10(23(25,26)27)9-15(12)31-19(33)17-14(7-8-16(28)32)30-22(18(17)20(31)34)11-3-1-2-4-13(11)29-21(22)35/h1-6,9,14,17-18,30H,7-8H2,(H2,28,32)(H,29,35)/p+1/t14-,17+,18-,22-/m0/s1.